The van der Waals surface area contributed by atoms with Crippen LogP contribution in [0.5, 0.6) is 0 Å². The zero-order valence-corrected chi connectivity index (χ0v) is 9.94. The molecule has 1 aliphatic carbocycles. The molecule has 1 atom stereocenters. The second kappa shape index (κ2) is 3.71. The average Bonchev–Trinajstić information content (AvgIpc) is 2.85. The molecule has 16 heavy (non-hydrogen) atoms. The van der Waals surface area contributed by atoms with Crippen molar-refractivity contribution in [1.82, 2.24) is 9.55 Å². The highest BCUT2D eigenvalue weighted by Crippen LogP contribution is 2.38. The molecule has 4 heteroatoms. The third-order valence-electron chi connectivity index (χ3n) is 2.95. The topological polar surface area (TPSA) is 38.1 Å². The third kappa shape index (κ3) is 1.68. The van der Waals surface area contributed by atoms with Gasteiger partial charge in [-0.25, -0.2) is 4.98 Å². The standard InChI is InChI=1S/C12H14N2OS/c1-8-2-5-11(16-8)12(15)10-6-13-7-14(10)9-3-4-9/h2,5-7,9,12,15H,3-4H2,1H3. The lowest BCUT2D eigenvalue weighted by Gasteiger charge is -2.11. The van der Waals surface area contributed by atoms with Crippen LogP contribution in [-0.2, 0) is 0 Å². The maximum atomic E-state index is 10.3. The monoisotopic (exact) mass is 234 g/mol. The van der Waals surface area contributed by atoms with E-state index in [1.807, 2.05) is 18.5 Å². The number of nitrogens with zero attached hydrogens (tertiary/aromatic N) is 2. The summed E-state index contributed by atoms with van der Waals surface area (Å²) in [5.41, 5.74) is 0.921. The van der Waals surface area contributed by atoms with Crippen molar-refractivity contribution in [3.63, 3.8) is 0 Å². The first kappa shape index (κ1) is 10.1. The van der Waals surface area contributed by atoms with Crippen LogP contribution in [0.15, 0.2) is 24.7 Å². The number of aryl methyl sites for hydroxylation is 1. The van der Waals surface area contributed by atoms with Crippen molar-refractivity contribution in [3.8, 4) is 0 Å². The molecule has 1 N–H and O–H groups in total. The summed E-state index contributed by atoms with van der Waals surface area (Å²) >= 11 is 1.64. The molecule has 1 unspecified atom stereocenters. The molecule has 1 saturated carbocycles. The van der Waals surface area contributed by atoms with E-state index in [0.717, 1.165) is 10.6 Å². The zero-order valence-electron chi connectivity index (χ0n) is 9.13. The van der Waals surface area contributed by atoms with E-state index < -0.39 is 6.10 Å². The zero-order chi connectivity index (χ0) is 11.1. The molecule has 0 radical (unpaired) electrons. The molecule has 0 amide bonds. The van der Waals surface area contributed by atoms with Gasteiger partial charge in [-0.1, -0.05) is 0 Å². The summed E-state index contributed by atoms with van der Waals surface area (Å²) in [4.78, 5) is 6.37. The highest BCUT2D eigenvalue weighted by molar-refractivity contribution is 7.12. The second-order valence-corrected chi connectivity index (χ2v) is 5.63. The van der Waals surface area contributed by atoms with Gasteiger partial charge in [0.15, 0.2) is 0 Å². The quantitative estimate of drug-likeness (QED) is 0.886. The van der Waals surface area contributed by atoms with E-state index in [0.29, 0.717) is 6.04 Å². The number of aliphatic hydroxyl groups is 1. The minimum absolute atomic E-state index is 0.526. The van der Waals surface area contributed by atoms with Crippen LogP contribution in [0.3, 0.4) is 0 Å². The van der Waals surface area contributed by atoms with Crippen molar-refractivity contribution in [3.05, 3.63) is 40.1 Å². The van der Waals surface area contributed by atoms with Crippen molar-refractivity contribution in [2.75, 3.05) is 0 Å². The summed E-state index contributed by atoms with van der Waals surface area (Å²) in [5.74, 6) is 0. The van der Waals surface area contributed by atoms with Crippen LogP contribution in [0.25, 0.3) is 0 Å². The van der Waals surface area contributed by atoms with Gasteiger partial charge in [0.1, 0.15) is 6.10 Å². The van der Waals surface area contributed by atoms with Gasteiger partial charge in [0.05, 0.1) is 18.2 Å². The van der Waals surface area contributed by atoms with Crippen molar-refractivity contribution < 1.29 is 5.11 Å². The van der Waals surface area contributed by atoms with Crippen LogP contribution in [0.1, 0.15) is 40.4 Å². The van der Waals surface area contributed by atoms with E-state index in [-0.39, 0.29) is 0 Å². The Kier molecular flexibility index (Phi) is 2.33. The SMILES string of the molecule is Cc1ccc(C(O)c2cncn2C2CC2)s1. The van der Waals surface area contributed by atoms with E-state index in [1.165, 1.54) is 17.7 Å². The van der Waals surface area contributed by atoms with Crippen LogP contribution in [0.2, 0.25) is 0 Å². The Morgan fingerprint density at radius 2 is 2.31 bits per heavy atom. The van der Waals surface area contributed by atoms with E-state index in [9.17, 15) is 5.11 Å². The molecule has 3 rings (SSSR count). The van der Waals surface area contributed by atoms with Gasteiger partial charge in [-0.05, 0) is 31.9 Å². The number of hydrogen-bond donors (Lipinski definition) is 1. The Hall–Kier alpha value is -1.13. The van der Waals surface area contributed by atoms with Crippen LogP contribution < -0.4 is 0 Å². The van der Waals surface area contributed by atoms with Crippen molar-refractivity contribution in [1.29, 1.82) is 0 Å². The first-order chi connectivity index (χ1) is 7.75. The van der Waals surface area contributed by atoms with Gasteiger partial charge in [-0.2, -0.15) is 0 Å². The minimum atomic E-state index is -0.526. The molecule has 0 saturated heterocycles. The molecule has 2 aromatic rings. The molecule has 84 valence electrons. The lowest BCUT2D eigenvalue weighted by Crippen LogP contribution is -2.05. The molecule has 0 aromatic carbocycles. The summed E-state index contributed by atoms with van der Waals surface area (Å²) in [6, 6.07) is 4.60. The Morgan fingerprint density at radius 3 is 2.94 bits per heavy atom. The first-order valence-corrected chi connectivity index (χ1v) is 6.33. The number of imidazole rings is 1. The lowest BCUT2D eigenvalue weighted by atomic mass is 10.2. The molecule has 0 aliphatic heterocycles. The second-order valence-electron chi connectivity index (χ2n) is 4.31. The fourth-order valence-electron chi connectivity index (χ4n) is 1.93. The molecular formula is C12H14N2OS. The smallest absolute Gasteiger partial charge is 0.130 e. The number of hydrogen-bond acceptors (Lipinski definition) is 3. The summed E-state index contributed by atoms with van der Waals surface area (Å²) in [6.07, 6.45) is 5.50. The van der Waals surface area contributed by atoms with Crippen LogP contribution >= 0.6 is 11.3 Å². The van der Waals surface area contributed by atoms with E-state index in [4.69, 9.17) is 0 Å². The number of aromatic nitrogens is 2. The Balaban J connectivity index is 1.93. The van der Waals surface area contributed by atoms with E-state index in [2.05, 4.69) is 16.5 Å². The molecule has 2 aromatic heterocycles. The predicted molar refractivity (Wildman–Crippen MR) is 63.6 cm³/mol. The summed E-state index contributed by atoms with van der Waals surface area (Å²) in [7, 11) is 0. The maximum Gasteiger partial charge on any atom is 0.130 e. The van der Waals surface area contributed by atoms with Gasteiger partial charge < -0.3 is 9.67 Å². The third-order valence-corrected chi connectivity index (χ3v) is 4.00. The van der Waals surface area contributed by atoms with Crippen molar-refractivity contribution in [2.45, 2.75) is 31.9 Å². The van der Waals surface area contributed by atoms with Crippen LogP contribution in [0.4, 0.5) is 0 Å². The summed E-state index contributed by atoms with van der Waals surface area (Å²) < 4.78 is 2.11. The Bertz CT molecular complexity index is 499. The summed E-state index contributed by atoms with van der Waals surface area (Å²) in [6.45, 7) is 2.05. The normalized spacial score (nSPS) is 17.6. The van der Waals surface area contributed by atoms with Crippen LogP contribution in [-0.4, -0.2) is 14.7 Å². The molecule has 1 fully saturated rings. The summed E-state index contributed by atoms with van der Waals surface area (Å²) in [5, 5.41) is 10.3. The molecular weight excluding hydrogens is 220 g/mol. The number of thiophene rings is 1. The highest BCUT2D eigenvalue weighted by Gasteiger charge is 2.28. The van der Waals surface area contributed by atoms with Gasteiger partial charge in [0, 0.05) is 15.8 Å². The van der Waals surface area contributed by atoms with E-state index >= 15 is 0 Å². The number of rotatable bonds is 3. The number of aliphatic hydroxyl groups excluding tert-OH is 1. The van der Waals surface area contributed by atoms with Gasteiger partial charge in [-0.3, -0.25) is 0 Å². The van der Waals surface area contributed by atoms with Crippen molar-refractivity contribution in [2.24, 2.45) is 0 Å². The molecule has 2 heterocycles. The largest absolute Gasteiger partial charge is 0.381 e. The lowest BCUT2D eigenvalue weighted by molar-refractivity contribution is 0.213. The van der Waals surface area contributed by atoms with Gasteiger partial charge in [-0.15, -0.1) is 11.3 Å². The maximum absolute atomic E-state index is 10.3. The molecule has 0 bridgehead atoms. The average molecular weight is 234 g/mol. The first-order valence-electron chi connectivity index (χ1n) is 5.52. The Labute approximate surface area is 98.4 Å². The molecule has 0 spiro atoms. The van der Waals surface area contributed by atoms with Crippen molar-refractivity contribution >= 4 is 11.3 Å². The minimum Gasteiger partial charge on any atom is -0.381 e. The van der Waals surface area contributed by atoms with Gasteiger partial charge >= 0.3 is 0 Å². The van der Waals surface area contributed by atoms with Crippen LogP contribution in [0, 0.1) is 6.92 Å². The molecule has 1 aliphatic rings. The Morgan fingerprint density at radius 1 is 1.50 bits per heavy atom. The fourth-order valence-corrected chi connectivity index (χ4v) is 2.81. The fraction of sp³-hybridized carbons (Fsp3) is 0.417. The van der Waals surface area contributed by atoms with E-state index in [1.54, 1.807) is 17.5 Å². The van der Waals surface area contributed by atoms with Gasteiger partial charge in [0.2, 0.25) is 0 Å². The van der Waals surface area contributed by atoms with Gasteiger partial charge in [0.25, 0.3) is 0 Å². The highest BCUT2D eigenvalue weighted by atomic mass is 32.1. The predicted octanol–water partition coefficient (Wildman–Crippen LogP) is 2.67. The molecule has 3 nitrogen and oxygen atoms in total.